The Labute approximate surface area is 181 Å². The van der Waals surface area contributed by atoms with Crippen LogP contribution in [0.25, 0.3) is 0 Å². The summed E-state index contributed by atoms with van der Waals surface area (Å²) in [6, 6.07) is 9.31. The zero-order chi connectivity index (χ0) is 21.3. The number of nitrogens with one attached hydrogen (secondary N) is 1. The van der Waals surface area contributed by atoms with Gasteiger partial charge in [-0.1, -0.05) is 41.6 Å². The van der Waals surface area contributed by atoms with Gasteiger partial charge >= 0.3 is 5.97 Å². The van der Waals surface area contributed by atoms with Gasteiger partial charge in [0.05, 0.1) is 35.6 Å². The Balaban J connectivity index is 1.72. The third kappa shape index (κ3) is 3.78. The van der Waals surface area contributed by atoms with Crippen LogP contribution in [0.3, 0.4) is 0 Å². The topological polar surface area (TPSA) is 123 Å². The van der Waals surface area contributed by atoms with Gasteiger partial charge in [0.25, 0.3) is 0 Å². The molecule has 11 heteroatoms. The van der Waals surface area contributed by atoms with Gasteiger partial charge in [-0.15, -0.1) is 5.10 Å². The second kappa shape index (κ2) is 8.45. The van der Waals surface area contributed by atoms with Crippen LogP contribution < -0.4 is 5.32 Å². The number of hydrogen-bond donors (Lipinski definition) is 1. The molecule has 154 valence electrons. The Hall–Kier alpha value is -2.90. The number of carbonyl (C=O) groups excluding carboxylic acids is 2. The Morgan fingerprint density at radius 3 is 2.87 bits per heavy atom. The van der Waals surface area contributed by atoms with Gasteiger partial charge in [-0.05, 0) is 34.9 Å². The lowest BCUT2D eigenvalue weighted by Crippen LogP contribution is -2.44. The van der Waals surface area contributed by atoms with Crippen LogP contribution >= 0.6 is 23.4 Å². The molecule has 4 rings (SSSR count). The van der Waals surface area contributed by atoms with E-state index in [1.54, 1.807) is 28.9 Å². The molecule has 1 fully saturated rings. The molecule has 30 heavy (non-hydrogen) atoms. The molecule has 1 aliphatic carbocycles. The average Bonchev–Trinajstić information content (AvgIpc) is 3.49. The predicted octanol–water partition coefficient (Wildman–Crippen LogP) is 2.33. The molecule has 0 saturated heterocycles. The van der Waals surface area contributed by atoms with E-state index >= 15 is 0 Å². The molecule has 0 bridgehead atoms. The van der Waals surface area contributed by atoms with Crippen LogP contribution in [-0.2, 0) is 20.1 Å². The summed E-state index contributed by atoms with van der Waals surface area (Å²) in [6.07, 6.45) is 2.06. The fourth-order valence-electron chi connectivity index (χ4n) is 3.43. The number of esters is 1. The first-order valence-corrected chi connectivity index (χ1v) is 10.6. The van der Waals surface area contributed by atoms with Crippen LogP contribution in [0.4, 0.5) is 0 Å². The van der Waals surface area contributed by atoms with Crippen LogP contribution in [0, 0.1) is 17.2 Å². The molecule has 9 nitrogen and oxygen atoms in total. The van der Waals surface area contributed by atoms with E-state index in [4.69, 9.17) is 16.3 Å². The number of nitrogens with zero attached hydrogens (tertiary/aromatic N) is 5. The van der Waals surface area contributed by atoms with Gasteiger partial charge in [0.1, 0.15) is 5.92 Å². The number of methoxy groups -OCH3 is 1. The van der Waals surface area contributed by atoms with E-state index in [0.717, 1.165) is 12.8 Å². The number of ether oxygens (including phenoxy) is 1. The van der Waals surface area contributed by atoms with Crippen molar-refractivity contribution in [2.45, 2.75) is 30.6 Å². The van der Waals surface area contributed by atoms with Crippen molar-refractivity contribution in [2.24, 2.45) is 5.92 Å². The minimum absolute atomic E-state index is 0.244. The van der Waals surface area contributed by atoms with Crippen molar-refractivity contribution in [1.29, 1.82) is 5.26 Å². The highest BCUT2D eigenvalue weighted by atomic mass is 35.5. The van der Waals surface area contributed by atoms with Crippen molar-refractivity contribution in [3.05, 3.63) is 51.3 Å². The number of allylic oxidation sites excluding steroid dienone is 1. The number of rotatable bonds is 6. The van der Waals surface area contributed by atoms with Gasteiger partial charge in [0, 0.05) is 10.9 Å². The fourth-order valence-corrected chi connectivity index (χ4v) is 4.65. The Morgan fingerprint density at radius 1 is 1.43 bits per heavy atom. The number of thioether (sulfide) groups is 1. The van der Waals surface area contributed by atoms with Crippen molar-refractivity contribution < 1.29 is 14.3 Å². The van der Waals surface area contributed by atoms with E-state index in [9.17, 15) is 14.9 Å². The number of nitriles is 1. The molecule has 1 saturated carbocycles. The smallest absolute Gasteiger partial charge is 0.319 e. The van der Waals surface area contributed by atoms with Crippen LogP contribution in [0.1, 0.15) is 36.2 Å². The maximum atomic E-state index is 12.9. The van der Waals surface area contributed by atoms with Crippen LogP contribution in [0.15, 0.2) is 34.9 Å². The first kappa shape index (κ1) is 20.4. The molecule has 1 aliphatic heterocycles. The average molecular weight is 445 g/mol. The molecule has 1 amide bonds. The second-order valence-electron chi connectivity index (χ2n) is 6.90. The van der Waals surface area contributed by atoms with E-state index in [-0.39, 0.29) is 5.57 Å². The molecule has 1 aromatic carbocycles. The molecule has 1 N–H and O–H groups in total. The summed E-state index contributed by atoms with van der Waals surface area (Å²) in [6.45, 7) is 0. The lowest BCUT2D eigenvalue weighted by Gasteiger charge is -2.31. The zero-order valence-corrected chi connectivity index (χ0v) is 17.5. The number of halogens is 1. The molecule has 2 heterocycles. The molecule has 0 radical (unpaired) electrons. The Kier molecular flexibility index (Phi) is 5.74. The zero-order valence-electron chi connectivity index (χ0n) is 15.9. The summed E-state index contributed by atoms with van der Waals surface area (Å²) in [5.74, 6) is -2.33. The number of tetrazole rings is 1. The van der Waals surface area contributed by atoms with E-state index in [1.807, 2.05) is 0 Å². The molecule has 2 atom stereocenters. The van der Waals surface area contributed by atoms with Crippen molar-refractivity contribution in [3.63, 3.8) is 0 Å². The summed E-state index contributed by atoms with van der Waals surface area (Å²) in [5.41, 5.74) is 0.760. The van der Waals surface area contributed by atoms with Crippen molar-refractivity contribution in [3.8, 4) is 6.07 Å². The molecule has 0 spiro atoms. The third-order valence-electron chi connectivity index (χ3n) is 5.02. The highest BCUT2D eigenvalue weighted by Crippen LogP contribution is 2.43. The summed E-state index contributed by atoms with van der Waals surface area (Å²) in [5, 5.41) is 25.1. The molecule has 2 aromatic rings. The first-order valence-electron chi connectivity index (χ1n) is 9.22. The molecule has 0 unspecified atom stereocenters. The standard InChI is InChI=1S/C19H17ClN6O3S/c1-29-19(28)16-15(11-4-2-3-5-13(11)20)12(8-21)18(22-17(16)27)30-9-14-23-24-25-26(14)10-6-7-10/h2-5,10,15-16H,6-7,9H2,1H3,(H,22,27)/t15-,16+/m1/s1. The van der Waals surface area contributed by atoms with E-state index < -0.39 is 23.7 Å². The lowest BCUT2D eigenvalue weighted by atomic mass is 9.78. The third-order valence-corrected chi connectivity index (χ3v) is 6.38. The predicted molar refractivity (Wildman–Crippen MR) is 108 cm³/mol. The van der Waals surface area contributed by atoms with Crippen molar-refractivity contribution in [1.82, 2.24) is 25.5 Å². The van der Waals surface area contributed by atoms with Crippen LogP contribution in [0.2, 0.25) is 5.02 Å². The van der Waals surface area contributed by atoms with Crippen molar-refractivity contribution >= 4 is 35.2 Å². The maximum Gasteiger partial charge on any atom is 0.319 e. The highest BCUT2D eigenvalue weighted by Gasteiger charge is 2.45. The SMILES string of the molecule is COC(=O)[C@@H]1C(=O)NC(SCc2nnnn2C2CC2)=C(C#N)[C@H]1c1ccccc1Cl. The second-order valence-corrected chi connectivity index (χ2v) is 8.30. The van der Waals surface area contributed by atoms with Crippen LogP contribution in [-0.4, -0.2) is 39.2 Å². The Morgan fingerprint density at radius 2 is 2.20 bits per heavy atom. The van der Waals surface area contributed by atoms with Gasteiger partial charge < -0.3 is 10.1 Å². The number of benzene rings is 1. The normalized spacial score (nSPS) is 21.2. The number of carbonyl (C=O) groups is 2. The minimum Gasteiger partial charge on any atom is -0.468 e. The number of hydrogen-bond acceptors (Lipinski definition) is 8. The maximum absolute atomic E-state index is 12.9. The van der Waals surface area contributed by atoms with Gasteiger partial charge in [-0.3, -0.25) is 9.59 Å². The van der Waals surface area contributed by atoms with Crippen LogP contribution in [0.5, 0.6) is 0 Å². The molecular weight excluding hydrogens is 428 g/mol. The Bertz CT molecular complexity index is 1070. The molecular formula is C19H17ClN6O3S. The highest BCUT2D eigenvalue weighted by molar-refractivity contribution is 8.02. The number of aromatic nitrogens is 4. The molecule has 2 aliphatic rings. The summed E-state index contributed by atoms with van der Waals surface area (Å²) in [4.78, 5) is 25.3. The van der Waals surface area contributed by atoms with Gasteiger partial charge in [-0.25, -0.2) is 4.68 Å². The number of amides is 1. The largest absolute Gasteiger partial charge is 0.468 e. The summed E-state index contributed by atoms with van der Waals surface area (Å²) in [7, 11) is 1.21. The van der Waals surface area contributed by atoms with E-state index in [2.05, 4.69) is 26.9 Å². The van der Waals surface area contributed by atoms with Gasteiger partial charge in [-0.2, -0.15) is 5.26 Å². The van der Waals surface area contributed by atoms with Gasteiger partial charge in [0.15, 0.2) is 5.82 Å². The fraction of sp³-hybridized carbons (Fsp3) is 0.368. The van der Waals surface area contributed by atoms with Gasteiger partial charge in [0.2, 0.25) is 5.91 Å². The van der Waals surface area contributed by atoms with E-state index in [1.165, 1.54) is 18.9 Å². The first-order chi connectivity index (χ1) is 14.5. The lowest BCUT2D eigenvalue weighted by molar-refractivity contribution is -0.150. The summed E-state index contributed by atoms with van der Waals surface area (Å²) < 4.78 is 6.61. The minimum atomic E-state index is -1.22. The monoisotopic (exact) mass is 444 g/mol. The quantitative estimate of drug-likeness (QED) is 0.532. The summed E-state index contributed by atoms with van der Waals surface area (Å²) >= 11 is 7.60. The van der Waals surface area contributed by atoms with E-state index in [0.29, 0.717) is 33.2 Å². The van der Waals surface area contributed by atoms with Crippen molar-refractivity contribution in [2.75, 3.05) is 7.11 Å². The molecule has 1 aromatic heterocycles.